The summed E-state index contributed by atoms with van der Waals surface area (Å²) in [6, 6.07) is 1.70. The maximum atomic E-state index is 12.8. The zero-order valence-corrected chi connectivity index (χ0v) is 14.5. The first kappa shape index (κ1) is 18.2. The summed E-state index contributed by atoms with van der Waals surface area (Å²) in [4.78, 5) is 5.34. The van der Waals surface area contributed by atoms with E-state index >= 15 is 0 Å². The largest absolute Gasteiger partial charge is 0.363 e. The van der Waals surface area contributed by atoms with Crippen LogP contribution in [0.25, 0.3) is 0 Å². The third-order valence-electron chi connectivity index (χ3n) is 3.09. The first-order valence-corrected chi connectivity index (χ1v) is 8.68. The average molecular weight is 316 g/mol. The van der Waals surface area contributed by atoms with Crippen LogP contribution in [0.15, 0.2) is 17.2 Å². The van der Waals surface area contributed by atoms with Gasteiger partial charge in [0.25, 0.3) is 0 Å². The summed E-state index contributed by atoms with van der Waals surface area (Å²) in [6.07, 6.45) is 1.57. The maximum Gasteiger partial charge on any atom is 0.244 e. The lowest BCUT2D eigenvalue weighted by atomic mass is 10.2. The molecule has 21 heavy (non-hydrogen) atoms. The molecule has 1 aromatic rings. The van der Waals surface area contributed by atoms with Gasteiger partial charge in [0.2, 0.25) is 10.0 Å². The molecule has 0 aliphatic carbocycles. The van der Waals surface area contributed by atoms with Crippen molar-refractivity contribution in [3.8, 4) is 0 Å². The Morgan fingerprint density at radius 1 is 1.29 bits per heavy atom. The minimum Gasteiger partial charge on any atom is -0.363 e. The monoisotopic (exact) mass is 316 g/mol. The molecule has 0 saturated carbocycles. The lowest BCUT2D eigenvalue weighted by Crippen LogP contribution is -2.38. The van der Waals surface area contributed by atoms with Gasteiger partial charge in [-0.05, 0) is 33.1 Å². The Labute approximate surface area is 128 Å². The summed E-state index contributed by atoms with van der Waals surface area (Å²) >= 11 is 0. The smallest absolute Gasteiger partial charge is 0.244 e. The summed E-state index contributed by atoms with van der Waals surface area (Å²) in [5.74, 6) is 0.289. The molecule has 0 spiro atoms. The quantitative estimate of drug-likeness (QED) is 0.711. The molecule has 2 N–H and O–H groups in total. The van der Waals surface area contributed by atoms with Crippen LogP contribution in [-0.4, -0.2) is 63.4 Å². The van der Waals surface area contributed by atoms with E-state index in [1.54, 1.807) is 16.6 Å². The zero-order valence-electron chi connectivity index (χ0n) is 13.7. The van der Waals surface area contributed by atoms with E-state index in [9.17, 15) is 8.42 Å². The second-order valence-electron chi connectivity index (χ2n) is 5.95. The topological polar surface area (TPSA) is 68.4 Å². The number of rotatable bonds is 9. The first-order valence-electron chi connectivity index (χ1n) is 7.24. The fourth-order valence-corrected chi connectivity index (χ4v) is 3.65. The van der Waals surface area contributed by atoms with E-state index in [-0.39, 0.29) is 5.92 Å². The molecule has 0 amide bonds. The molecule has 0 aromatic carbocycles. The number of likely N-dealkylation sites (N-methyl/N-ethyl adjacent to an activating group) is 1. The standard InChI is InChI=1S/C14H28N4O2S/c1-12(2)11-18(7-6-17(4)5)21(19,20)14-8-13(9-15-3)16-10-14/h8,10,12,15-16H,6-7,9,11H2,1-5H3. The van der Waals surface area contributed by atoms with Crippen LogP contribution in [0.5, 0.6) is 0 Å². The van der Waals surface area contributed by atoms with Crippen molar-refractivity contribution in [2.24, 2.45) is 5.92 Å². The molecule has 1 heterocycles. The van der Waals surface area contributed by atoms with Crippen molar-refractivity contribution in [1.82, 2.24) is 19.5 Å². The molecule has 122 valence electrons. The van der Waals surface area contributed by atoms with Crippen LogP contribution in [-0.2, 0) is 16.6 Å². The fourth-order valence-electron chi connectivity index (χ4n) is 2.04. The highest BCUT2D eigenvalue weighted by Crippen LogP contribution is 2.18. The SMILES string of the molecule is CNCc1cc(S(=O)(=O)N(CCN(C)C)CC(C)C)c[nH]1. The molecule has 0 atom stereocenters. The van der Waals surface area contributed by atoms with E-state index in [4.69, 9.17) is 0 Å². The normalized spacial score (nSPS) is 12.8. The Morgan fingerprint density at radius 3 is 2.48 bits per heavy atom. The van der Waals surface area contributed by atoms with Crippen LogP contribution in [0.1, 0.15) is 19.5 Å². The Balaban J connectivity index is 2.95. The summed E-state index contributed by atoms with van der Waals surface area (Å²) < 4.78 is 27.1. The molecular weight excluding hydrogens is 288 g/mol. The lowest BCUT2D eigenvalue weighted by molar-refractivity contribution is 0.312. The number of nitrogens with one attached hydrogen (secondary N) is 2. The van der Waals surface area contributed by atoms with Crippen molar-refractivity contribution < 1.29 is 8.42 Å². The number of aromatic nitrogens is 1. The van der Waals surface area contributed by atoms with E-state index in [1.807, 2.05) is 39.9 Å². The third-order valence-corrected chi connectivity index (χ3v) is 4.93. The predicted molar refractivity (Wildman–Crippen MR) is 85.7 cm³/mol. The Morgan fingerprint density at radius 2 is 1.95 bits per heavy atom. The number of aromatic amines is 1. The summed E-state index contributed by atoms with van der Waals surface area (Å²) in [5.41, 5.74) is 0.869. The van der Waals surface area contributed by atoms with Gasteiger partial charge in [0.15, 0.2) is 0 Å². The molecule has 6 nitrogen and oxygen atoms in total. The van der Waals surface area contributed by atoms with E-state index in [2.05, 4.69) is 10.3 Å². The highest BCUT2D eigenvalue weighted by molar-refractivity contribution is 7.89. The molecule has 0 aliphatic rings. The van der Waals surface area contributed by atoms with E-state index < -0.39 is 10.0 Å². The first-order chi connectivity index (χ1) is 9.77. The van der Waals surface area contributed by atoms with Gasteiger partial charge in [-0.1, -0.05) is 13.8 Å². The van der Waals surface area contributed by atoms with Crippen molar-refractivity contribution in [2.45, 2.75) is 25.3 Å². The number of hydrogen-bond acceptors (Lipinski definition) is 4. The summed E-state index contributed by atoms with van der Waals surface area (Å²) in [5, 5.41) is 3.00. The van der Waals surface area contributed by atoms with Crippen LogP contribution in [0, 0.1) is 5.92 Å². The molecule has 7 heteroatoms. The molecular formula is C14H28N4O2S. The summed E-state index contributed by atoms with van der Waals surface area (Å²) in [7, 11) is 2.28. The van der Waals surface area contributed by atoms with E-state index in [0.29, 0.717) is 31.1 Å². The molecule has 0 aliphatic heterocycles. The van der Waals surface area contributed by atoms with Crippen LogP contribution in [0.3, 0.4) is 0 Å². The van der Waals surface area contributed by atoms with E-state index in [0.717, 1.165) is 5.69 Å². The van der Waals surface area contributed by atoms with Gasteiger partial charge < -0.3 is 15.2 Å². The second-order valence-corrected chi connectivity index (χ2v) is 7.89. The van der Waals surface area contributed by atoms with Gasteiger partial charge >= 0.3 is 0 Å². The molecule has 1 rings (SSSR count). The van der Waals surface area contributed by atoms with Crippen LogP contribution in [0.4, 0.5) is 0 Å². The maximum absolute atomic E-state index is 12.8. The molecule has 0 fully saturated rings. The highest BCUT2D eigenvalue weighted by Gasteiger charge is 2.26. The highest BCUT2D eigenvalue weighted by atomic mass is 32.2. The minimum atomic E-state index is -3.44. The number of nitrogens with zero attached hydrogens (tertiary/aromatic N) is 2. The van der Waals surface area contributed by atoms with Gasteiger partial charge in [-0.25, -0.2) is 8.42 Å². The van der Waals surface area contributed by atoms with Crippen molar-refractivity contribution in [3.05, 3.63) is 18.0 Å². The second kappa shape index (κ2) is 7.93. The minimum absolute atomic E-state index is 0.289. The van der Waals surface area contributed by atoms with Gasteiger partial charge in [-0.2, -0.15) is 4.31 Å². The molecule has 0 radical (unpaired) electrons. The molecule has 0 unspecified atom stereocenters. The van der Waals surface area contributed by atoms with Gasteiger partial charge in [-0.15, -0.1) is 0 Å². The Hall–Kier alpha value is -0.890. The van der Waals surface area contributed by atoms with Gasteiger partial charge in [-0.3, -0.25) is 0 Å². The number of hydrogen-bond donors (Lipinski definition) is 2. The number of H-pyrrole nitrogens is 1. The Kier molecular flexibility index (Phi) is 6.86. The van der Waals surface area contributed by atoms with Crippen molar-refractivity contribution in [2.75, 3.05) is 40.8 Å². The van der Waals surface area contributed by atoms with Gasteiger partial charge in [0.1, 0.15) is 0 Å². The van der Waals surface area contributed by atoms with Crippen molar-refractivity contribution in [1.29, 1.82) is 0 Å². The van der Waals surface area contributed by atoms with Crippen molar-refractivity contribution >= 4 is 10.0 Å². The van der Waals surface area contributed by atoms with Gasteiger partial charge in [0.05, 0.1) is 4.90 Å². The number of sulfonamides is 1. The fraction of sp³-hybridized carbons (Fsp3) is 0.714. The molecule has 0 bridgehead atoms. The Bertz CT molecular complexity index is 523. The third kappa shape index (κ3) is 5.43. The lowest BCUT2D eigenvalue weighted by Gasteiger charge is -2.24. The average Bonchev–Trinajstić information content (AvgIpc) is 2.83. The molecule has 0 saturated heterocycles. The predicted octanol–water partition coefficient (Wildman–Crippen LogP) is 0.942. The van der Waals surface area contributed by atoms with Crippen LogP contribution < -0.4 is 5.32 Å². The summed E-state index contributed by atoms with van der Waals surface area (Å²) in [6.45, 7) is 6.42. The van der Waals surface area contributed by atoms with Crippen LogP contribution >= 0.6 is 0 Å². The zero-order chi connectivity index (χ0) is 16.0. The molecule has 1 aromatic heterocycles. The van der Waals surface area contributed by atoms with Crippen molar-refractivity contribution in [3.63, 3.8) is 0 Å². The van der Waals surface area contributed by atoms with E-state index in [1.165, 1.54) is 0 Å². The van der Waals surface area contributed by atoms with Gasteiger partial charge in [0, 0.05) is 38.1 Å². The van der Waals surface area contributed by atoms with Crippen LogP contribution in [0.2, 0.25) is 0 Å².